The lowest BCUT2D eigenvalue weighted by atomic mass is 9.97. The predicted octanol–water partition coefficient (Wildman–Crippen LogP) is 5.89. The molecular weight excluding hydrogens is 610 g/mol. The van der Waals surface area contributed by atoms with Crippen LogP contribution in [0.4, 0.5) is 36.1 Å². The molecule has 1 amide bonds. The minimum atomic E-state index is -4.58. The van der Waals surface area contributed by atoms with E-state index in [1.165, 1.54) is 6.07 Å². The molecule has 1 atom stereocenters. The van der Waals surface area contributed by atoms with Gasteiger partial charge in [-0.3, -0.25) is 4.79 Å². The third-order valence-electron chi connectivity index (χ3n) is 6.11. The highest BCUT2D eigenvalue weighted by Crippen LogP contribution is 2.51. The zero-order valence-electron chi connectivity index (χ0n) is 21.6. The number of benzene rings is 2. The number of rotatable bonds is 6. The summed E-state index contributed by atoms with van der Waals surface area (Å²) < 4.78 is 74.8. The highest BCUT2D eigenvalue weighted by Gasteiger charge is 2.44. The number of halogens is 5. The van der Waals surface area contributed by atoms with E-state index in [9.17, 15) is 26.4 Å². The number of hydrogen-bond acceptors (Lipinski definition) is 9. The average molecular weight is 632 g/mol. The number of hydrogen-bond donors (Lipinski definition) is 3. The second kappa shape index (κ2) is 10.1. The fourth-order valence-corrected chi connectivity index (χ4v) is 5.47. The van der Waals surface area contributed by atoms with Gasteiger partial charge in [0.1, 0.15) is 17.2 Å². The second-order valence-electron chi connectivity index (χ2n) is 9.94. The van der Waals surface area contributed by atoms with Gasteiger partial charge in [-0.15, -0.1) is 4.28 Å². The fourth-order valence-electron chi connectivity index (χ4n) is 4.51. The molecule has 0 spiro atoms. The Labute approximate surface area is 242 Å². The first-order valence-corrected chi connectivity index (χ1v) is 14.5. The first kappa shape index (κ1) is 29.0. The van der Waals surface area contributed by atoms with Crippen molar-refractivity contribution < 1.29 is 35.4 Å². The van der Waals surface area contributed by atoms with Gasteiger partial charge in [-0.05, 0) is 44.2 Å². The Morgan fingerprint density at radius 1 is 1.22 bits per heavy atom. The zero-order valence-corrected chi connectivity index (χ0v) is 23.9. The summed E-state index contributed by atoms with van der Waals surface area (Å²) in [5, 5.41) is 10.2. The van der Waals surface area contributed by atoms with Crippen molar-refractivity contribution in [3.63, 3.8) is 0 Å². The number of alkyl halides is 3. The monoisotopic (exact) mass is 631 g/mol. The number of fused-ring (bicyclic) bond motifs is 3. The molecule has 3 heterocycles. The molecule has 10 nitrogen and oxygen atoms in total. The molecule has 0 radical (unpaired) electrons. The zero-order chi connectivity index (χ0) is 29.9. The van der Waals surface area contributed by atoms with Crippen LogP contribution in [0.3, 0.4) is 0 Å². The number of amides is 1. The molecule has 2 aromatic carbocycles. The molecule has 0 bridgehead atoms. The van der Waals surface area contributed by atoms with E-state index < -0.39 is 39.7 Å². The summed E-state index contributed by atoms with van der Waals surface area (Å²) in [5.41, 5.74) is -0.374. The molecule has 0 saturated heterocycles. The van der Waals surface area contributed by atoms with Gasteiger partial charge in [-0.2, -0.15) is 26.7 Å². The summed E-state index contributed by atoms with van der Waals surface area (Å²) in [6.45, 7) is 3.56. The van der Waals surface area contributed by atoms with E-state index >= 15 is 0 Å². The molecule has 1 aromatic heterocycles. The number of aromatic nitrogens is 1. The number of carbonyl (C=O) groups excluding carboxylic acids is 1. The van der Waals surface area contributed by atoms with E-state index in [4.69, 9.17) is 32.2 Å². The van der Waals surface area contributed by atoms with Crippen molar-refractivity contribution in [2.75, 3.05) is 27.3 Å². The normalized spacial score (nSPS) is 17.4. The summed E-state index contributed by atoms with van der Waals surface area (Å²) in [7, 11) is -4.05. The van der Waals surface area contributed by atoms with Crippen LogP contribution < -0.4 is 25.8 Å². The van der Waals surface area contributed by atoms with E-state index in [0.717, 1.165) is 23.5 Å². The van der Waals surface area contributed by atoms with Gasteiger partial charge in [0.25, 0.3) is 16.0 Å². The van der Waals surface area contributed by atoms with E-state index in [1.54, 1.807) is 32.0 Å². The highest BCUT2D eigenvalue weighted by atomic mass is 35.5. The van der Waals surface area contributed by atoms with Crippen molar-refractivity contribution in [2.45, 2.75) is 38.3 Å². The Balaban J connectivity index is 1.55. The Bertz CT molecular complexity index is 1630. The third kappa shape index (κ3) is 5.96. The first-order valence-electron chi connectivity index (χ1n) is 11.9. The molecule has 0 fully saturated rings. The van der Waals surface area contributed by atoms with Crippen LogP contribution in [0, 0.1) is 0 Å². The van der Waals surface area contributed by atoms with Gasteiger partial charge in [0, 0.05) is 18.2 Å². The van der Waals surface area contributed by atoms with Crippen molar-refractivity contribution in [3.8, 4) is 5.75 Å². The van der Waals surface area contributed by atoms with Crippen molar-refractivity contribution in [1.29, 1.82) is 0 Å². The Morgan fingerprint density at radius 2 is 1.90 bits per heavy atom. The van der Waals surface area contributed by atoms with Gasteiger partial charge in [0.05, 0.1) is 44.5 Å². The van der Waals surface area contributed by atoms with Gasteiger partial charge in [0.2, 0.25) is 6.29 Å². The minimum Gasteiger partial charge on any atom is -0.486 e. The third-order valence-corrected chi connectivity index (χ3v) is 7.17. The van der Waals surface area contributed by atoms with Crippen LogP contribution in [-0.4, -0.2) is 37.5 Å². The number of hydroxylamine groups is 1. The highest BCUT2D eigenvalue weighted by molar-refractivity contribution is 7.86. The molecule has 3 N–H and O–H groups in total. The van der Waals surface area contributed by atoms with Crippen LogP contribution in [-0.2, 0) is 27.0 Å². The minimum absolute atomic E-state index is 0.0363. The Kier molecular flexibility index (Phi) is 7.17. The SMILES string of the molecule is CC1(C)Cc2c(c(C(=O)Nc3ccc(C(F)(F)F)cn3)cc3c2N(OS(C)(=O)=O)C(Nc2c(Cl)cccc2Cl)N3)O1. The molecule has 0 saturated carbocycles. The lowest BCUT2D eigenvalue weighted by molar-refractivity contribution is -0.137. The van der Waals surface area contributed by atoms with Crippen molar-refractivity contribution in [2.24, 2.45) is 0 Å². The molecule has 2 aliphatic rings. The maximum absolute atomic E-state index is 13.4. The topological polar surface area (TPSA) is 122 Å². The summed E-state index contributed by atoms with van der Waals surface area (Å²) in [6.07, 6.45) is -3.89. The smallest absolute Gasteiger partial charge is 0.417 e. The fraction of sp³-hybridized carbons (Fsp3) is 0.280. The van der Waals surface area contributed by atoms with E-state index in [0.29, 0.717) is 28.8 Å². The number of nitrogens with one attached hydrogen (secondary N) is 3. The summed E-state index contributed by atoms with van der Waals surface area (Å²) in [5.74, 6) is -0.673. The number of pyridine rings is 1. The van der Waals surface area contributed by atoms with Crippen LogP contribution in [0.1, 0.15) is 35.3 Å². The number of carbonyl (C=O) groups is 1. The largest absolute Gasteiger partial charge is 0.486 e. The van der Waals surface area contributed by atoms with E-state index in [2.05, 4.69) is 20.9 Å². The standard InChI is InChI=1S/C25H22Cl2F3N5O5S/c1-24(2)10-14-20-17(32-23(35(20)40-41(3,37)38)34-19-15(26)5-4-6-16(19)27)9-13(21(14)39-24)22(36)33-18-8-7-12(11-31-18)25(28,29)30/h4-9,11,23,32,34H,10H2,1-3H3,(H,31,33,36). The van der Waals surface area contributed by atoms with Crippen molar-refractivity contribution >= 4 is 62.1 Å². The van der Waals surface area contributed by atoms with Gasteiger partial charge in [0.15, 0.2) is 0 Å². The van der Waals surface area contributed by atoms with Gasteiger partial charge in [-0.25, -0.2) is 4.98 Å². The molecule has 1 unspecified atom stereocenters. The van der Waals surface area contributed by atoms with Gasteiger partial charge < -0.3 is 20.7 Å². The van der Waals surface area contributed by atoms with Crippen LogP contribution in [0.5, 0.6) is 5.75 Å². The first-order chi connectivity index (χ1) is 19.0. The van der Waals surface area contributed by atoms with E-state index in [-0.39, 0.29) is 33.6 Å². The van der Waals surface area contributed by atoms with Crippen LogP contribution in [0.15, 0.2) is 42.6 Å². The van der Waals surface area contributed by atoms with Crippen LogP contribution >= 0.6 is 23.2 Å². The average Bonchev–Trinajstić information content (AvgIpc) is 3.35. The lowest BCUT2D eigenvalue weighted by Gasteiger charge is -2.27. The molecule has 218 valence electrons. The molecule has 3 aromatic rings. The number of nitrogens with zero attached hydrogens (tertiary/aromatic N) is 2. The van der Waals surface area contributed by atoms with Crippen molar-refractivity contribution in [1.82, 2.24) is 4.98 Å². The second-order valence-corrected chi connectivity index (χ2v) is 12.3. The molecule has 0 aliphatic carbocycles. The Hall–Kier alpha value is -3.46. The molecule has 41 heavy (non-hydrogen) atoms. The van der Waals surface area contributed by atoms with Gasteiger partial charge in [-0.1, -0.05) is 29.3 Å². The number of ether oxygens (including phenoxy) is 1. The van der Waals surface area contributed by atoms with Crippen LogP contribution in [0.25, 0.3) is 0 Å². The van der Waals surface area contributed by atoms with E-state index in [1.807, 2.05) is 0 Å². The maximum atomic E-state index is 13.4. The van der Waals surface area contributed by atoms with Crippen LogP contribution in [0.2, 0.25) is 10.0 Å². The quantitative estimate of drug-likeness (QED) is 0.305. The summed E-state index contributed by atoms with van der Waals surface area (Å²) in [6, 6.07) is 8.07. The van der Waals surface area contributed by atoms with Crippen molar-refractivity contribution in [3.05, 3.63) is 69.3 Å². The summed E-state index contributed by atoms with van der Waals surface area (Å²) in [4.78, 5) is 17.1. The predicted molar refractivity (Wildman–Crippen MR) is 148 cm³/mol. The maximum Gasteiger partial charge on any atom is 0.417 e. The molecule has 2 aliphatic heterocycles. The number of para-hydroxylation sites is 1. The summed E-state index contributed by atoms with van der Waals surface area (Å²) >= 11 is 12.6. The molecular formula is C25H22Cl2F3N5O5S. The lowest BCUT2D eigenvalue weighted by Crippen LogP contribution is -2.43. The van der Waals surface area contributed by atoms with Gasteiger partial charge >= 0.3 is 6.18 Å². The molecule has 16 heteroatoms. The molecule has 5 rings (SSSR count). The Morgan fingerprint density at radius 3 is 2.49 bits per heavy atom. The number of anilines is 4.